The van der Waals surface area contributed by atoms with Gasteiger partial charge in [0.1, 0.15) is 25.0 Å². The lowest BCUT2D eigenvalue weighted by atomic mass is 9.35. The van der Waals surface area contributed by atoms with Gasteiger partial charge in [-0.25, -0.2) is 10.0 Å². The summed E-state index contributed by atoms with van der Waals surface area (Å²) in [6.45, 7) is 12.3. The number of hydrogen-bond acceptors (Lipinski definition) is 6. The quantitative estimate of drug-likeness (QED) is 0.241. The molecule has 7 heteroatoms. The molecule has 7 rings (SSSR count). The zero-order valence-corrected chi connectivity index (χ0v) is 27.4. The predicted molar refractivity (Wildman–Crippen MR) is 197 cm³/mol. The van der Waals surface area contributed by atoms with Crippen molar-refractivity contribution in [2.45, 2.75) is 47.1 Å². The number of para-hydroxylation sites is 1. The van der Waals surface area contributed by atoms with Gasteiger partial charge in [0.15, 0.2) is 0 Å². The van der Waals surface area contributed by atoms with Crippen LogP contribution in [0.25, 0.3) is 0 Å². The van der Waals surface area contributed by atoms with Gasteiger partial charge in [0.05, 0.1) is 17.4 Å². The van der Waals surface area contributed by atoms with E-state index in [1.165, 1.54) is 33.1 Å². The van der Waals surface area contributed by atoms with Crippen molar-refractivity contribution in [1.82, 2.24) is 4.90 Å². The molecule has 0 saturated heterocycles. The van der Waals surface area contributed by atoms with Crippen LogP contribution in [0.3, 0.4) is 0 Å². The molecule has 0 radical (unpaired) electrons. The van der Waals surface area contributed by atoms with Gasteiger partial charge in [-0.15, -0.1) is 0 Å². The summed E-state index contributed by atoms with van der Waals surface area (Å²) in [4.78, 5) is 4.64. The molecule has 1 aliphatic carbocycles. The lowest BCUT2D eigenvalue weighted by molar-refractivity contribution is 0.379. The van der Waals surface area contributed by atoms with Crippen LogP contribution in [0.2, 0.25) is 0 Å². The van der Waals surface area contributed by atoms with Crippen molar-refractivity contribution in [3.63, 3.8) is 0 Å². The number of hydrazone groups is 2. The lowest BCUT2D eigenvalue weighted by Crippen LogP contribution is -2.54. The van der Waals surface area contributed by atoms with Crippen molar-refractivity contribution in [3.05, 3.63) is 132 Å². The molecule has 4 aromatic carbocycles. The van der Waals surface area contributed by atoms with Crippen LogP contribution in [0.4, 0.5) is 17.1 Å². The molecule has 0 fully saturated rings. The molecule has 0 unspecified atom stereocenters. The van der Waals surface area contributed by atoms with Gasteiger partial charge in [-0.2, -0.15) is 10.2 Å². The maximum atomic E-state index is 5.01. The molecule has 0 aromatic heterocycles. The van der Waals surface area contributed by atoms with Gasteiger partial charge < -0.3 is 9.80 Å². The number of amidine groups is 2. The van der Waals surface area contributed by atoms with Gasteiger partial charge in [-0.1, -0.05) is 112 Å². The third-order valence-corrected chi connectivity index (χ3v) is 9.35. The number of rotatable bonds is 7. The molecule has 2 aliphatic heterocycles. The Bertz CT molecular complexity index is 1850. The number of benzene rings is 4. The van der Waals surface area contributed by atoms with Gasteiger partial charge >= 0.3 is 0 Å². The minimum atomic E-state index is 0.0496. The third kappa shape index (κ3) is 5.73. The normalized spacial score (nSPS) is 17.5. The zero-order valence-electron chi connectivity index (χ0n) is 27.4. The highest BCUT2D eigenvalue weighted by molar-refractivity contribution is 6.96. The Morgan fingerprint density at radius 2 is 1.24 bits per heavy atom. The van der Waals surface area contributed by atoms with Crippen LogP contribution in [-0.2, 0) is 0 Å². The van der Waals surface area contributed by atoms with Crippen LogP contribution in [-0.4, -0.2) is 42.7 Å². The van der Waals surface area contributed by atoms with Crippen molar-refractivity contribution >= 4 is 51.8 Å². The van der Waals surface area contributed by atoms with Crippen molar-refractivity contribution in [2.24, 2.45) is 10.2 Å². The first-order valence-electron chi connectivity index (χ1n) is 16.2. The Morgan fingerprint density at radius 3 is 1.87 bits per heavy atom. The number of anilines is 3. The highest BCUT2D eigenvalue weighted by atomic mass is 15.6. The van der Waals surface area contributed by atoms with Crippen molar-refractivity contribution in [2.75, 3.05) is 28.3 Å². The predicted octanol–water partition coefficient (Wildman–Crippen LogP) is 6.04. The average Bonchev–Trinajstić information content (AvgIpc) is 3.66. The first-order chi connectivity index (χ1) is 22.4. The standard InChI is InChI=1S/C39H41BN6/c1-28-22-29(2)39(30(3)23-28)40(33-14-12-20-37(24-33)45-26-43(31(4)41-45)35-16-8-6-9-17-35)34-15-13-21-38(25-34)46-27-44(32(5)42-46)36-18-10-7-11-19-36/h6-18,20-25,36H,19,26-27H2,1-5H3/t36-/m1/s1. The summed E-state index contributed by atoms with van der Waals surface area (Å²) in [6, 6.07) is 33.4. The number of aryl methyl sites for hydroxylation is 3. The Morgan fingerprint density at radius 1 is 0.630 bits per heavy atom. The Hall–Kier alpha value is -5.04. The first kappa shape index (κ1) is 29.7. The molecular formula is C39H41BN6. The average molecular weight is 605 g/mol. The molecular weight excluding hydrogens is 563 g/mol. The van der Waals surface area contributed by atoms with E-state index in [-0.39, 0.29) is 6.71 Å². The van der Waals surface area contributed by atoms with Crippen LogP contribution in [0.15, 0.2) is 126 Å². The fourth-order valence-corrected chi connectivity index (χ4v) is 7.21. The molecule has 230 valence electrons. The van der Waals surface area contributed by atoms with E-state index in [0.29, 0.717) is 12.7 Å². The summed E-state index contributed by atoms with van der Waals surface area (Å²) in [6.07, 6.45) is 9.78. The van der Waals surface area contributed by atoms with Crippen LogP contribution >= 0.6 is 0 Å². The van der Waals surface area contributed by atoms with E-state index in [0.717, 1.165) is 41.8 Å². The molecule has 0 N–H and O–H groups in total. The summed E-state index contributed by atoms with van der Waals surface area (Å²) >= 11 is 0. The molecule has 0 saturated carbocycles. The van der Waals surface area contributed by atoms with Crippen LogP contribution < -0.4 is 31.3 Å². The molecule has 6 nitrogen and oxygen atoms in total. The summed E-state index contributed by atoms with van der Waals surface area (Å²) in [5, 5.41) is 14.2. The van der Waals surface area contributed by atoms with E-state index < -0.39 is 0 Å². The van der Waals surface area contributed by atoms with Crippen LogP contribution in [0.1, 0.15) is 37.0 Å². The van der Waals surface area contributed by atoms with E-state index in [4.69, 9.17) is 10.2 Å². The van der Waals surface area contributed by atoms with E-state index in [9.17, 15) is 0 Å². The highest BCUT2D eigenvalue weighted by Gasteiger charge is 2.30. The molecule has 1 atom stereocenters. The monoisotopic (exact) mass is 604 g/mol. The molecule has 4 aromatic rings. The Labute approximate surface area is 273 Å². The summed E-state index contributed by atoms with van der Waals surface area (Å²) in [5.41, 5.74) is 11.1. The molecule has 2 heterocycles. The third-order valence-electron chi connectivity index (χ3n) is 9.35. The molecule has 0 spiro atoms. The van der Waals surface area contributed by atoms with E-state index in [2.05, 4.69) is 170 Å². The second-order valence-electron chi connectivity index (χ2n) is 12.7. The van der Waals surface area contributed by atoms with Gasteiger partial charge in [0.2, 0.25) is 6.71 Å². The maximum absolute atomic E-state index is 5.01. The zero-order chi connectivity index (χ0) is 31.8. The molecule has 46 heavy (non-hydrogen) atoms. The largest absolute Gasteiger partial charge is 0.332 e. The molecule has 0 amide bonds. The van der Waals surface area contributed by atoms with Crippen molar-refractivity contribution in [1.29, 1.82) is 0 Å². The summed E-state index contributed by atoms with van der Waals surface area (Å²) in [5.74, 6) is 2.04. The maximum Gasteiger partial charge on any atom is 0.242 e. The van der Waals surface area contributed by atoms with Crippen molar-refractivity contribution < 1.29 is 0 Å². The minimum absolute atomic E-state index is 0.0496. The second-order valence-corrected chi connectivity index (χ2v) is 12.7. The van der Waals surface area contributed by atoms with Gasteiger partial charge in [0.25, 0.3) is 0 Å². The summed E-state index contributed by atoms with van der Waals surface area (Å²) in [7, 11) is 0. The molecule has 3 aliphatic rings. The SMILES string of the molecule is CC1=NN(c2cccc(B(c3cccc(N4CN([C@@H]5C=CC=CC5)C(C)=N4)c3)c3c(C)cc(C)cc3C)c2)CN1c1ccccc1. The van der Waals surface area contributed by atoms with Crippen LogP contribution in [0, 0.1) is 20.8 Å². The fourth-order valence-electron chi connectivity index (χ4n) is 7.21. The van der Waals surface area contributed by atoms with Gasteiger partial charge in [-0.05, 0) is 77.4 Å². The number of nitrogens with zero attached hydrogens (tertiary/aromatic N) is 6. The number of hydrogen-bond donors (Lipinski definition) is 0. The second kappa shape index (κ2) is 12.4. The Balaban J connectivity index is 1.25. The highest BCUT2D eigenvalue weighted by Crippen LogP contribution is 2.26. The minimum Gasteiger partial charge on any atom is -0.332 e. The Kier molecular flexibility index (Phi) is 7.99. The van der Waals surface area contributed by atoms with Crippen LogP contribution in [0.5, 0.6) is 0 Å². The number of allylic oxidation sites excluding steroid dienone is 2. The van der Waals surface area contributed by atoms with E-state index in [1.54, 1.807) is 0 Å². The lowest BCUT2D eigenvalue weighted by Gasteiger charge is -2.28. The topological polar surface area (TPSA) is 37.7 Å². The van der Waals surface area contributed by atoms with Gasteiger partial charge in [-0.3, -0.25) is 0 Å². The smallest absolute Gasteiger partial charge is 0.242 e. The summed E-state index contributed by atoms with van der Waals surface area (Å²) < 4.78 is 0. The first-order valence-corrected chi connectivity index (χ1v) is 16.2. The van der Waals surface area contributed by atoms with E-state index in [1.807, 2.05) is 0 Å². The van der Waals surface area contributed by atoms with Crippen molar-refractivity contribution in [3.8, 4) is 0 Å². The van der Waals surface area contributed by atoms with E-state index >= 15 is 0 Å². The fraction of sp³-hybridized carbons (Fsp3) is 0.231. The van der Waals surface area contributed by atoms with Gasteiger partial charge in [0, 0.05) is 5.69 Å². The molecule has 0 bridgehead atoms.